The molecule has 0 radical (unpaired) electrons. The summed E-state index contributed by atoms with van der Waals surface area (Å²) >= 11 is 2.11. The Bertz CT molecular complexity index is 508. The second-order valence-electron chi connectivity index (χ2n) is 5.72. The zero-order valence-corrected chi connectivity index (χ0v) is 13.1. The number of aromatic nitrogens is 2. The topological polar surface area (TPSA) is 44.1 Å². The van der Waals surface area contributed by atoms with E-state index >= 15 is 0 Å². The third-order valence-corrected chi connectivity index (χ3v) is 4.91. The van der Waals surface area contributed by atoms with Crippen LogP contribution in [-0.2, 0) is 11.3 Å². The highest BCUT2D eigenvalue weighted by atomic mass is 127. The van der Waals surface area contributed by atoms with Crippen molar-refractivity contribution in [2.75, 3.05) is 0 Å². The van der Waals surface area contributed by atoms with Gasteiger partial charge >= 0.3 is 0 Å². The van der Waals surface area contributed by atoms with Crippen LogP contribution in [0.25, 0.3) is 0 Å². The number of rotatable bonds is 2. The Morgan fingerprint density at radius 2 is 2.16 bits per heavy atom. The van der Waals surface area contributed by atoms with Crippen molar-refractivity contribution in [1.29, 1.82) is 0 Å². The lowest BCUT2D eigenvalue weighted by Crippen LogP contribution is -2.34. The van der Waals surface area contributed by atoms with Crippen LogP contribution in [0.2, 0.25) is 0 Å². The molecule has 1 saturated heterocycles. The predicted octanol–water partition coefficient (Wildman–Crippen LogP) is 2.73. The molecular formula is C14H19IN2O2. The van der Waals surface area contributed by atoms with E-state index in [4.69, 9.17) is 4.74 Å². The van der Waals surface area contributed by atoms with Crippen LogP contribution in [0.1, 0.15) is 44.9 Å². The second-order valence-corrected chi connectivity index (χ2v) is 6.96. The summed E-state index contributed by atoms with van der Waals surface area (Å²) in [5, 5.41) is 4.19. The fourth-order valence-electron chi connectivity index (χ4n) is 3.33. The van der Waals surface area contributed by atoms with Crippen molar-refractivity contribution in [2.45, 2.75) is 63.2 Å². The Morgan fingerprint density at radius 1 is 1.37 bits per heavy atom. The summed E-state index contributed by atoms with van der Waals surface area (Å²) in [6.07, 6.45) is 10.4. The van der Waals surface area contributed by atoms with Crippen LogP contribution < -0.4 is 5.56 Å². The molecule has 1 spiro atoms. The Balaban J connectivity index is 1.67. The molecule has 1 aromatic heterocycles. The van der Waals surface area contributed by atoms with E-state index in [0.717, 1.165) is 16.4 Å². The zero-order valence-electron chi connectivity index (χ0n) is 11.0. The van der Waals surface area contributed by atoms with Gasteiger partial charge in [0.05, 0.1) is 24.4 Å². The molecule has 0 amide bonds. The molecule has 1 aliphatic heterocycles. The van der Waals surface area contributed by atoms with Crippen molar-refractivity contribution in [2.24, 2.45) is 0 Å². The highest BCUT2D eigenvalue weighted by Crippen LogP contribution is 2.42. The van der Waals surface area contributed by atoms with Crippen LogP contribution in [0, 0.1) is 3.57 Å². The SMILES string of the molecule is O=c1cc(I)cnn1CC1CCC2(CCCCC2)O1. The molecule has 2 aliphatic rings. The molecule has 104 valence electrons. The normalized spacial score (nSPS) is 25.8. The van der Waals surface area contributed by atoms with Gasteiger partial charge < -0.3 is 4.74 Å². The van der Waals surface area contributed by atoms with Crippen LogP contribution in [0.5, 0.6) is 0 Å². The number of nitrogens with zero attached hydrogens (tertiary/aromatic N) is 2. The average Bonchev–Trinajstić information content (AvgIpc) is 2.77. The van der Waals surface area contributed by atoms with E-state index in [9.17, 15) is 4.79 Å². The molecule has 0 bridgehead atoms. The lowest BCUT2D eigenvalue weighted by atomic mass is 9.83. The molecule has 4 nitrogen and oxygen atoms in total. The van der Waals surface area contributed by atoms with Crippen molar-refractivity contribution in [1.82, 2.24) is 9.78 Å². The lowest BCUT2D eigenvalue weighted by molar-refractivity contribution is -0.0692. The highest BCUT2D eigenvalue weighted by Gasteiger charge is 2.40. The quantitative estimate of drug-likeness (QED) is 0.748. The molecule has 5 heteroatoms. The molecule has 1 aliphatic carbocycles. The van der Waals surface area contributed by atoms with Gasteiger partial charge in [-0.2, -0.15) is 5.10 Å². The summed E-state index contributed by atoms with van der Waals surface area (Å²) in [6, 6.07) is 1.62. The Morgan fingerprint density at radius 3 is 2.89 bits per heavy atom. The first-order chi connectivity index (χ1) is 9.17. The van der Waals surface area contributed by atoms with Gasteiger partial charge in [0, 0.05) is 9.64 Å². The molecular weight excluding hydrogens is 355 g/mol. The number of halogens is 1. The van der Waals surface area contributed by atoms with E-state index in [0.29, 0.717) is 6.54 Å². The fraction of sp³-hybridized carbons (Fsp3) is 0.714. The van der Waals surface area contributed by atoms with E-state index in [1.807, 2.05) is 0 Å². The summed E-state index contributed by atoms with van der Waals surface area (Å²) in [7, 11) is 0. The maximum absolute atomic E-state index is 11.8. The minimum atomic E-state index is -0.0277. The smallest absolute Gasteiger partial charge is 0.267 e. The second kappa shape index (κ2) is 5.52. The minimum Gasteiger partial charge on any atom is -0.370 e. The van der Waals surface area contributed by atoms with Gasteiger partial charge in [0.2, 0.25) is 0 Å². The maximum atomic E-state index is 11.8. The number of hydrogen-bond acceptors (Lipinski definition) is 3. The molecule has 2 fully saturated rings. The van der Waals surface area contributed by atoms with E-state index < -0.39 is 0 Å². The number of hydrogen-bond donors (Lipinski definition) is 0. The first-order valence-electron chi connectivity index (χ1n) is 7.07. The summed E-state index contributed by atoms with van der Waals surface area (Å²) in [5.74, 6) is 0. The van der Waals surface area contributed by atoms with Crippen molar-refractivity contribution in [3.63, 3.8) is 0 Å². The first kappa shape index (κ1) is 13.5. The van der Waals surface area contributed by atoms with Gasteiger partial charge in [0.1, 0.15) is 0 Å². The monoisotopic (exact) mass is 374 g/mol. The van der Waals surface area contributed by atoms with E-state index in [-0.39, 0.29) is 17.3 Å². The lowest BCUT2D eigenvalue weighted by Gasteiger charge is -2.33. The van der Waals surface area contributed by atoms with Gasteiger partial charge in [-0.05, 0) is 48.3 Å². The van der Waals surface area contributed by atoms with Gasteiger partial charge in [-0.1, -0.05) is 19.3 Å². The first-order valence-corrected chi connectivity index (χ1v) is 8.15. The van der Waals surface area contributed by atoms with E-state index in [1.165, 1.54) is 36.8 Å². The summed E-state index contributed by atoms with van der Waals surface area (Å²) < 4.78 is 8.70. The molecule has 1 aromatic rings. The van der Waals surface area contributed by atoms with Crippen LogP contribution in [0.4, 0.5) is 0 Å². The predicted molar refractivity (Wildman–Crippen MR) is 81.1 cm³/mol. The van der Waals surface area contributed by atoms with Crippen LogP contribution in [0.3, 0.4) is 0 Å². The molecule has 1 saturated carbocycles. The highest BCUT2D eigenvalue weighted by molar-refractivity contribution is 14.1. The van der Waals surface area contributed by atoms with Gasteiger partial charge in [-0.25, -0.2) is 4.68 Å². The average molecular weight is 374 g/mol. The van der Waals surface area contributed by atoms with Gasteiger partial charge in [-0.3, -0.25) is 4.79 Å². The maximum Gasteiger partial charge on any atom is 0.267 e. The van der Waals surface area contributed by atoms with Gasteiger partial charge in [0.25, 0.3) is 5.56 Å². The third-order valence-electron chi connectivity index (χ3n) is 4.32. The number of ether oxygens (including phenoxy) is 1. The molecule has 0 aromatic carbocycles. The molecule has 1 unspecified atom stereocenters. The summed E-state index contributed by atoms with van der Waals surface area (Å²) in [6.45, 7) is 0.595. The van der Waals surface area contributed by atoms with Gasteiger partial charge in [-0.15, -0.1) is 0 Å². The van der Waals surface area contributed by atoms with Crippen molar-refractivity contribution < 1.29 is 4.74 Å². The summed E-state index contributed by atoms with van der Waals surface area (Å²) in [4.78, 5) is 11.8. The van der Waals surface area contributed by atoms with Crippen LogP contribution >= 0.6 is 22.6 Å². The molecule has 1 atom stereocenters. The van der Waals surface area contributed by atoms with E-state index in [1.54, 1.807) is 12.3 Å². The Kier molecular flexibility index (Phi) is 3.93. The van der Waals surface area contributed by atoms with Crippen molar-refractivity contribution >= 4 is 22.6 Å². The van der Waals surface area contributed by atoms with Crippen molar-refractivity contribution in [3.05, 3.63) is 26.2 Å². The van der Waals surface area contributed by atoms with Crippen molar-refractivity contribution in [3.8, 4) is 0 Å². The largest absolute Gasteiger partial charge is 0.370 e. The zero-order chi connectivity index (χ0) is 13.3. The van der Waals surface area contributed by atoms with Crippen LogP contribution in [0.15, 0.2) is 17.1 Å². The minimum absolute atomic E-state index is 0.0277. The molecule has 2 heterocycles. The molecule has 3 rings (SSSR count). The Labute approximate surface area is 126 Å². The molecule has 19 heavy (non-hydrogen) atoms. The van der Waals surface area contributed by atoms with E-state index in [2.05, 4.69) is 27.7 Å². The Hall–Kier alpha value is -0.430. The summed E-state index contributed by atoms with van der Waals surface area (Å²) in [5.41, 5.74) is 0.0931. The van der Waals surface area contributed by atoms with Gasteiger partial charge in [0.15, 0.2) is 0 Å². The fourth-order valence-corrected chi connectivity index (χ4v) is 3.72. The third kappa shape index (κ3) is 3.02. The standard InChI is InChI=1S/C14H19IN2O2/c15-11-8-13(18)17(16-9-11)10-12-4-7-14(19-12)5-2-1-3-6-14/h8-9,12H,1-7,10H2. The molecule has 0 N–H and O–H groups in total. The van der Waals surface area contributed by atoms with Crippen LogP contribution in [-0.4, -0.2) is 21.5 Å².